The summed E-state index contributed by atoms with van der Waals surface area (Å²) in [5.74, 6) is -0.808. The zero-order valence-corrected chi connectivity index (χ0v) is 16.5. The molecule has 0 aliphatic rings. The van der Waals surface area contributed by atoms with Crippen molar-refractivity contribution in [1.82, 2.24) is 5.32 Å². The van der Waals surface area contributed by atoms with Gasteiger partial charge in [0.2, 0.25) is 0 Å². The highest BCUT2D eigenvalue weighted by Gasteiger charge is 2.23. The molecule has 1 N–H and O–H groups in total. The Bertz CT molecular complexity index is 724. The van der Waals surface area contributed by atoms with Crippen LogP contribution in [0, 0.1) is 6.92 Å². The van der Waals surface area contributed by atoms with Crippen LogP contribution in [0.2, 0.25) is 0 Å². The van der Waals surface area contributed by atoms with E-state index in [1.807, 2.05) is 37.3 Å². The van der Waals surface area contributed by atoms with Gasteiger partial charge in [-0.15, -0.1) is 0 Å². The third-order valence-electron chi connectivity index (χ3n) is 3.48. The summed E-state index contributed by atoms with van der Waals surface area (Å²) in [5.41, 5.74) is 2.54. The van der Waals surface area contributed by atoms with Crippen LogP contribution in [-0.4, -0.2) is 25.0 Å². The number of hydrogen-bond acceptors (Lipinski definition) is 3. The molecule has 1 amide bonds. The minimum Gasteiger partial charge on any atom is -0.467 e. The average molecular weight is 455 g/mol. The van der Waals surface area contributed by atoms with Gasteiger partial charge < -0.3 is 10.1 Å². The number of hydrogen-bond donors (Lipinski definition) is 1. The van der Waals surface area contributed by atoms with Gasteiger partial charge in [0, 0.05) is 20.9 Å². The number of carbonyl (C=O) groups excluding carboxylic acids is 2. The standard InChI is InChI=1S/C18H17Br2NO3/c1-11-3-5-12(6-4-11)7-16(18(23)24-2)21-17(22)13-8-14(19)10-15(20)9-13/h3-6,8-10,16H,7H2,1-2H3,(H,21,22)/t16-/m0/s1. The van der Waals surface area contributed by atoms with E-state index in [0.717, 1.165) is 20.1 Å². The molecule has 0 aromatic heterocycles. The Morgan fingerprint density at radius 3 is 2.21 bits per heavy atom. The van der Waals surface area contributed by atoms with E-state index in [4.69, 9.17) is 4.74 Å². The van der Waals surface area contributed by atoms with Gasteiger partial charge in [0.1, 0.15) is 6.04 Å². The molecule has 0 saturated heterocycles. The Morgan fingerprint density at radius 2 is 1.67 bits per heavy atom. The Kier molecular flexibility index (Phi) is 6.57. The van der Waals surface area contributed by atoms with Crippen LogP contribution in [0.25, 0.3) is 0 Å². The maximum absolute atomic E-state index is 12.5. The first-order valence-electron chi connectivity index (χ1n) is 7.29. The molecule has 0 bridgehead atoms. The van der Waals surface area contributed by atoms with Crippen molar-refractivity contribution in [1.29, 1.82) is 0 Å². The van der Waals surface area contributed by atoms with Crippen molar-refractivity contribution in [3.63, 3.8) is 0 Å². The second-order valence-electron chi connectivity index (χ2n) is 5.40. The Morgan fingerprint density at radius 1 is 1.08 bits per heavy atom. The molecule has 4 nitrogen and oxygen atoms in total. The molecule has 6 heteroatoms. The van der Waals surface area contributed by atoms with Crippen LogP contribution >= 0.6 is 31.9 Å². The van der Waals surface area contributed by atoms with Gasteiger partial charge in [0.05, 0.1) is 7.11 Å². The van der Waals surface area contributed by atoms with Crippen LogP contribution < -0.4 is 5.32 Å². The van der Waals surface area contributed by atoms with Gasteiger partial charge in [0.25, 0.3) is 5.91 Å². The van der Waals surface area contributed by atoms with Gasteiger partial charge >= 0.3 is 5.97 Å². The fourth-order valence-electron chi connectivity index (χ4n) is 2.22. The molecule has 24 heavy (non-hydrogen) atoms. The lowest BCUT2D eigenvalue weighted by Gasteiger charge is -2.17. The number of amides is 1. The molecular formula is C18H17Br2NO3. The number of ether oxygens (including phenoxy) is 1. The predicted octanol–water partition coefficient (Wildman–Crippen LogP) is 4.03. The largest absolute Gasteiger partial charge is 0.467 e. The molecule has 1 atom stereocenters. The van der Waals surface area contributed by atoms with Crippen molar-refractivity contribution in [3.8, 4) is 0 Å². The molecule has 2 aromatic carbocycles. The van der Waals surface area contributed by atoms with E-state index in [2.05, 4.69) is 37.2 Å². The normalized spacial score (nSPS) is 11.7. The zero-order valence-electron chi connectivity index (χ0n) is 13.3. The molecule has 0 unspecified atom stereocenters. The van der Waals surface area contributed by atoms with E-state index in [0.29, 0.717) is 12.0 Å². The number of rotatable bonds is 5. The van der Waals surface area contributed by atoms with E-state index < -0.39 is 12.0 Å². The number of carbonyl (C=O) groups is 2. The summed E-state index contributed by atoms with van der Waals surface area (Å²) in [6.45, 7) is 1.99. The summed E-state index contributed by atoms with van der Waals surface area (Å²) >= 11 is 6.70. The Balaban J connectivity index is 2.17. The van der Waals surface area contributed by atoms with E-state index >= 15 is 0 Å². The lowest BCUT2D eigenvalue weighted by atomic mass is 10.0. The van der Waals surface area contributed by atoms with Crippen molar-refractivity contribution in [2.24, 2.45) is 0 Å². The van der Waals surface area contributed by atoms with Gasteiger partial charge in [0.15, 0.2) is 0 Å². The molecule has 2 aromatic rings. The molecule has 2 rings (SSSR count). The van der Waals surface area contributed by atoms with Crippen LogP contribution in [0.3, 0.4) is 0 Å². The molecule has 126 valence electrons. The van der Waals surface area contributed by atoms with E-state index in [1.54, 1.807) is 12.1 Å². The van der Waals surface area contributed by atoms with Gasteiger partial charge in [-0.3, -0.25) is 4.79 Å². The maximum atomic E-state index is 12.5. The summed E-state index contributed by atoms with van der Waals surface area (Å²) in [6, 6.07) is 12.3. The fourth-order valence-corrected chi connectivity index (χ4v) is 3.52. The van der Waals surface area contributed by atoms with Crippen LogP contribution in [0.1, 0.15) is 21.5 Å². The summed E-state index contributed by atoms with van der Waals surface area (Å²) in [4.78, 5) is 24.5. The number of benzene rings is 2. The first-order valence-corrected chi connectivity index (χ1v) is 8.88. The quantitative estimate of drug-likeness (QED) is 0.693. The van der Waals surface area contributed by atoms with E-state index in [1.165, 1.54) is 7.11 Å². The third kappa shape index (κ3) is 5.18. The monoisotopic (exact) mass is 453 g/mol. The van der Waals surface area contributed by atoms with Crippen molar-refractivity contribution in [2.45, 2.75) is 19.4 Å². The van der Waals surface area contributed by atoms with Crippen LogP contribution in [-0.2, 0) is 16.0 Å². The third-order valence-corrected chi connectivity index (χ3v) is 4.39. The van der Waals surface area contributed by atoms with Gasteiger partial charge in [-0.1, -0.05) is 61.7 Å². The molecule has 0 radical (unpaired) electrons. The second-order valence-corrected chi connectivity index (χ2v) is 7.23. The number of nitrogens with one attached hydrogen (secondary N) is 1. The SMILES string of the molecule is COC(=O)[C@H](Cc1ccc(C)cc1)NC(=O)c1cc(Br)cc(Br)c1. The highest BCUT2D eigenvalue weighted by molar-refractivity contribution is 9.11. The van der Waals surface area contributed by atoms with Crippen LogP contribution in [0.4, 0.5) is 0 Å². The molecule has 0 spiro atoms. The number of methoxy groups -OCH3 is 1. The minimum atomic E-state index is -0.747. The highest BCUT2D eigenvalue weighted by Crippen LogP contribution is 2.20. The molecule has 0 fully saturated rings. The number of aryl methyl sites for hydroxylation is 1. The highest BCUT2D eigenvalue weighted by atomic mass is 79.9. The topological polar surface area (TPSA) is 55.4 Å². The van der Waals surface area contributed by atoms with Crippen LogP contribution in [0.5, 0.6) is 0 Å². The molecular weight excluding hydrogens is 438 g/mol. The van der Waals surface area contributed by atoms with E-state index in [-0.39, 0.29) is 5.91 Å². The molecule has 0 aliphatic carbocycles. The molecule has 0 heterocycles. The van der Waals surface area contributed by atoms with Crippen molar-refractivity contribution in [3.05, 3.63) is 68.1 Å². The molecule has 0 saturated carbocycles. The summed E-state index contributed by atoms with van der Waals surface area (Å²) in [7, 11) is 1.31. The van der Waals surface area contributed by atoms with Crippen molar-refractivity contribution < 1.29 is 14.3 Å². The van der Waals surface area contributed by atoms with Crippen molar-refractivity contribution in [2.75, 3.05) is 7.11 Å². The maximum Gasteiger partial charge on any atom is 0.328 e. The lowest BCUT2D eigenvalue weighted by Crippen LogP contribution is -2.43. The first kappa shape index (κ1) is 18.7. The van der Waals surface area contributed by atoms with Crippen LogP contribution in [0.15, 0.2) is 51.4 Å². The first-order chi connectivity index (χ1) is 11.4. The number of esters is 1. The smallest absolute Gasteiger partial charge is 0.328 e. The fraction of sp³-hybridized carbons (Fsp3) is 0.222. The molecule has 0 aliphatic heterocycles. The zero-order chi connectivity index (χ0) is 17.7. The summed E-state index contributed by atoms with van der Waals surface area (Å²) < 4.78 is 6.37. The summed E-state index contributed by atoms with van der Waals surface area (Å²) in [5, 5.41) is 2.75. The summed E-state index contributed by atoms with van der Waals surface area (Å²) in [6.07, 6.45) is 0.369. The van der Waals surface area contributed by atoms with Gasteiger partial charge in [-0.2, -0.15) is 0 Å². The average Bonchev–Trinajstić information content (AvgIpc) is 2.54. The second kappa shape index (κ2) is 8.44. The minimum absolute atomic E-state index is 0.334. The van der Waals surface area contributed by atoms with Gasteiger partial charge in [-0.25, -0.2) is 4.79 Å². The lowest BCUT2D eigenvalue weighted by molar-refractivity contribution is -0.142. The Labute approximate surface area is 157 Å². The Hall–Kier alpha value is -1.66. The number of halogens is 2. The van der Waals surface area contributed by atoms with Gasteiger partial charge in [-0.05, 0) is 30.7 Å². The predicted molar refractivity (Wildman–Crippen MR) is 100.0 cm³/mol. The van der Waals surface area contributed by atoms with Crippen molar-refractivity contribution >= 4 is 43.7 Å². The van der Waals surface area contributed by atoms with E-state index in [9.17, 15) is 9.59 Å².